The molecule has 0 saturated carbocycles. The maximum absolute atomic E-state index is 12.8. The fourth-order valence-corrected chi connectivity index (χ4v) is 1.78. The van der Waals surface area contributed by atoms with E-state index in [0.29, 0.717) is 18.7 Å². The zero-order valence-corrected chi connectivity index (χ0v) is 11.2. The van der Waals surface area contributed by atoms with E-state index < -0.39 is 0 Å². The molecule has 0 bridgehead atoms. The molecule has 0 aliphatic rings. The minimum atomic E-state index is -0.251. The van der Waals surface area contributed by atoms with Crippen molar-refractivity contribution in [1.29, 1.82) is 0 Å². The van der Waals surface area contributed by atoms with Gasteiger partial charge in [0.05, 0.1) is 5.71 Å². The monoisotopic (exact) mass is 273 g/mol. The Kier molecular flexibility index (Phi) is 4.71. The van der Waals surface area contributed by atoms with E-state index in [4.69, 9.17) is 9.94 Å². The Morgan fingerprint density at radius 3 is 2.25 bits per heavy atom. The van der Waals surface area contributed by atoms with E-state index in [-0.39, 0.29) is 5.82 Å². The second-order valence-corrected chi connectivity index (χ2v) is 4.57. The first-order valence-corrected chi connectivity index (χ1v) is 6.31. The standard InChI is InChI=1S/C16H16FNO2/c1-12(18-19)10-13-4-8-16(9-5-13)20-11-14-2-6-15(17)7-3-14/h2-9,19H,10-11H2,1H3/b18-12-. The van der Waals surface area contributed by atoms with Gasteiger partial charge in [0.1, 0.15) is 18.2 Å². The Bertz CT molecular complexity index is 576. The number of halogens is 1. The quantitative estimate of drug-likeness (QED) is 0.511. The summed E-state index contributed by atoms with van der Waals surface area (Å²) in [5, 5.41) is 11.8. The van der Waals surface area contributed by atoms with Gasteiger partial charge in [0.2, 0.25) is 0 Å². The van der Waals surface area contributed by atoms with E-state index in [1.807, 2.05) is 24.3 Å². The molecule has 0 unspecified atom stereocenters. The zero-order valence-electron chi connectivity index (χ0n) is 11.2. The first kappa shape index (κ1) is 14.1. The van der Waals surface area contributed by atoms with Crippen molar-refractivity contribution in [2.75, 3.05) is 0 Å². The normalized spacial score (nSPS) is 11.4. The lowest BCUT2D eigenvalue weighted by atomic mass is 10.1. The highest BCUT2D eigenvalue weighted by atomic mass is 19.1. The first-order chi connectivity index (χ1) is 9.67. The minimum Gasteiger partial charge on any atom is -0.489 e. The van der Waals surface area contributed by atoms with Crippen LogP contribution in [0.25, 0.3) is 0 Å². The van der Waals surface area contributed by atoms with Gasteiger partial charge in [-0.15, -0.1) is 0 Å². The maximum atomic E-state index is 12.8. The lowest BCUT2D eigenvalue weighted by Gasteiger charge is -2.07. The second kappa shape index (κ2) is 6.70. The third-order valence-corrected chi connectivity index (χ3v) is 2.87. The Balaban J connectivity index is 1.92. The van der Waals surface area contributed by atoms with E-state index in [1.54, 1.807) is 19.1 Å². The Morgan fingerprint density at radius 2 is 1.65 bits per heavy atom. The highest BCUT2D eigenvalue weighted by Crippen LogP contribution is 2.15. The van der Waals surface area contributed by atoms with Crippen LogP contribution in [0.2, 0.25) is 0 Å². The van der Waals surface area contributed by atoms with Crippen LogP contribution in [-0.2, 0) is 13.0 Å². The van der Waals surface area contributed by atoms with Crippen molar-refractivity contribution in [3.63, 3.8) is 0 Å². The van der Waals surface area contributed by atoms with Gasteiger partial charge in [0.25, 0.3) is 0 Å². The molecule has 104 valence electrons. The van der Waals surface area contributed by atoms with E-state index >= 15 is 0 Å². The average Bonchev–Trinajstić information content (AvgIpc) is 2.48. The Labute approximate surface area is 117 Å². The Morgan fingerprint density at radius 1 is 1.05 bits per heavy atom. The predicted molar refractivity (Wildman–Crippen MR) is 75.8 cm³/mol. The molecule has 2 rings (SSSR count). The first-order valence-electron chi connectivity index (χ1n) is 6.31. The van der Waals surface area contributed by atoms with Crippen LogP contribution in [0, 0.1) is 5.82 Å². The number of hydrogen-bond donors (Lipinski definition) is 1. The molecule has 0 amide bonds. The predicted octanol–water partition coefficient (Wildman–Crippen LogP) is 3.80. The van der Waals surface area contributed by atoms with Gasteiger partial charge < -0.3 is 9.94 Å². The smallest absolute Gasteiger partial charge is 0.123 e. The number of hydrogen-bond acceptors (Lipinski definition) is 3. The van der Waals surface area contributed by atoms with E-state index in [1.165, 1.54) is 12.1 Å². The number of benzene rings is 2. The summed E-state index contributed by atoms with van der Waals surface area (Å²) >= 11 is 0. The van der Waals surface area contributed by atoms with Crippen molar-refractivity contribution in [3.8, 4) is 5.75 Å². The summed E-state index contributed by atoms with van der Waals surface area (Å²) in [6.45, 7) is 2.16. The second-order valence-electron chi connectivity index (χ2n) is 4.57. The Hall–Kier alpha value is -2.36. The molecule has 0 atom stereocenters. The van der Waals surface area contributed by atoms with Crippen molar-refractivity contribution in [2.45, 2.75) is 20.0 Å². The summed E-state index contributed by atoms with van der Waals surface area (Å²) in [6.07, 6.45) is 0.606. The van der Waals surface area contributed by atoms with Crippen molar-refractivity contribution in [1.82, 2.24) is 0 Å². The summed E-state index contributed by atoms with van der Waals surface area (Å²) in [5.74, 6) is 0.496. The molecule has 0 radical (unpaired) electrons. The van der Waals surface area contributed by atoms with Crippen LogP contribution in [0.4, 0.5) is 4.39 Å². The van der Waals surface area contributed by atoms with Crippen LogP contribution >= 0.6 is 0 Å². The molecule has 0 aliphatic carbocycles. The fraction of sp³-hybridized carbons (Fsp3) is 0.188. The summed E-state index contributed by atoms with van der Waals surface area (Å²) in [6, 6.07) is 13.8. The molecule has 0 fully saturated rings. The lowest BCUT2D eigenvalue weighted by Crippen LogP contribution is -1.98. The van der Waals surface area contributed by atoms with Crippen molar-refractivity contribution in [3.05, 3.63) is 65.5 Å². The molecule has 2 aromatic rings. The molecule has 0 saturated heterocycles. The van der Waals surface area contributed by atoms with Crippen LogP contribution in [-0.4, -0.2) is 10.9 Å². The number of ether oxygens (including phenoxy) is 1. The van der Waals surface area contributed by atoms with Crippen LogP contribution in [0.1, 0.15) is 18.1 Å². The summed E-state index contributed by atoms with van der Waals surface area (Å²) in [4.78, 5) is 0. The van der Waals surface area contributed by atoms with Gasteiger partial charge in [0, 0.05) is 6.42 Å². The maximum Gasteiger partial charge on any atom is 0.123 e. The van der Waals surface area contributed by atoms with Crippen molar-refractivity contribution in [2.24, 2.45) is 5.16 Å². The number of nitrogens with zero attached hydrogens (tertiary/aromatic N) is 1. The minimum absolute atomic E-state index is 0.251. The van der Waals surface area contributed by atoms with Gasteiger partial charge in [-0.1, -0.05) is 29.4 Å². The summed E-state index contributed by atoms with van der Waals surface area (Å²) < 4.78 is 18.4. The molecule has 0 spiro atoms. The largest absolute Gasteiger partial charge is 0.489 e. The third kappa shape index (κ3) is 4.09. The zero-order chi connectivity index (χ0) is 14.4. The van der Waals surface area contributed by atoms with Crippen molar-refractivity contribution >= 4 is 5.71 Å². The van der Waals surface area contributed by atoms with Gasteiger partial charge in [0.15, 0.2) is 0 Å². The topological polar surface area (TPSA) is 41.8 Å². The van der Waals surface area contributed by atoms with Gasteiger partial charge in [-0.3, -0.25) is 0 Å². The van der Waals surface area contributed by atoms with Crippen LogP contribution < -0.4 is 4.74 Å². The number of oxime groups is 1. The molecule has 0 heterocycles. The summed E-state index contributed by atoms with van der Waals surface area (Å²) in [7, 11) is 0. The van der Waals surface area contributed by atoms with Gasteiger partial charge >= 0.3 is 0 Å². The van der Waals surface area contributed by atoms with Gasteiger partial charge in [-0.05, 0) is 42.3 Å². The average molecular weight is 273 g/mol. The van der Waals surface area contributed by atoms with Crippen LogP contribution in [0.15, 0.2) is 53.7 Å². The lowest BCUT2D eigenvalue weighted by molar-refractivity contribution is 0.306. The van der Waals surface area contributed by atoms with E-state index in [9.17, 15) is 4.39 Å². The fourth-order valence-electron chi connectivity index (χ4n) is 1.78. The van der Waals surface area contributed by atoms with E-state index in [0.717, 1.165) is 16.9 Å². The van der Waals surface area contributed by atoms with Crippen molar-refractivity contribution < 1.29 is 14.3 Å². The van der Waals surface area contributed by atoms with Crippen LogP contribution in [0.5, 0.6) is 5.75 Å². The molecule has 3 nitrogen and oxygen atoms in total. The molecule has 0 aromatic heterocycles. The molecular weight excluding hydrogens is 257 g/mol. The highest BCUT2D eigenvalue weighted by molar-refractivity contribution is 5.83. The SMILES string of the molecule is C/C(Cc1ccc(OCc2ccc(F)cc2)cc1)=N/O. The van der Waals surface area contributed by atoms with E-state index in [2.05, 4.69) is 5.16 Å². The molecule has 20 heavy (non-hydrogen) atoms. The third-order valence-electron chi connectivity index (χ3n) is 2.87. The molecule has 4 heteroatoms. The summed E-state index contributed by atoms with van der Waals surface area (Å²) in [5.41, 5.74) is 2.62. The van der Waals surface area contributed by atoms with Gasteiger partial charge in [-0.2, -0.15) is 0 Å². The molecular formula is C16H16FNO2. The highest BCUT2D eigenvalue weighted by Gasteiger charge is 1.99. The van der Waals surface area contributed by atoms with Gasteiger partial charge in [-0.25, -0.2) is 4.39 Å². The number of rotatable bonds is 5. The van der Waals surface area contributed by atoms with Crippen LogP contribution in [0.3, 0.4) is 0 Å². The molecule has 2 aromatic carbocycles. The molecule has 0 aliphatic heterocycles. The molecule has 1 N–H and O–H groups in total.